The van der Waals surface area contributed by atoms with Gasteiger partial charge in [-0.1, -0.05) is 0 Å². The van der Waals surface area contributed by atoms with Crippen LogP contribution in [0.25, 0.3) is 0 Å². The minimum atomic E-state index is -0.162. The van der Waals surface area contributed by atoms with Crippen molar-refractivity contribution in [2.75, 3.05) is 12.4 Å². The second kappa shape index (κ2) is 4.64. The summed E-state index contributed by atoms with van der Waals surface area (Å²) in [5.74, 6) is 0.0181. The lowest BCUT2D eigenvalue weighted by Gasteiger charge is -2.07. The maximum absolute atomic E-state index is 10.5. The van der Waals surface area contributed by atoms with Gasteiger partial charge in [-0.3, -0.25) is 4.79 Å². The molecule has 0 saturated heterocycles. The second-order valence-electron chi connectivity index (χ2n) is 1.81. The molecule has 54 valence electrons. The normalized spacial score (nSPS) is 12.8. The minimum Gasteiger partial charge on any atom is -0.394 e. The number of thiol groups is 1. The highest BCUT2D eigenvalue weighted by Crippen LogP contribution is 1.79. The van der Waals surface area contributed by atoms with E-state index in [0.29, 0.717) is 0 Å². The molecule has 0 radical (unpaired) electrons. The van der Waals surface area contributed by atoms with Crippen molar-refractivity contribution in [3.8, 4) is 0 Å². The zero-order chi connectivity index (χ0) is 7.28. The van der Waals surface area contributed by atoms with E-state index in [9.17, 15) is 4.79 Å². The summed E-state index contributed by atoms with van der Waals surface area (Å²) in [7, 11) is 0. The lowest BCUT2D eigenvalue weighted by Crippen LogP contribution is -2.35. The van der Waals surface area contributed by atoms with E-state index in [1.807, 2.05) is 0 Å². The van der Waals surface area contributed by atoms with Crippen LogP contribution < -0.4 is 5.32 Å². The third-order valence-corrected chi connectivity index (χ3v) is 1.11. The molecule has 0 aliphatic rings. The number of amides is 1. The summed E-state index contributed by atoms with van der Waals surface area (Å²) in [4.78, 5) is 10.5. The Bertz CT molecular complexity index is 97.0. The smallest absolute Gasteiger partial charge is 0.230 e. The third kappa shape index (κ3) is 4.29. The second-order valence-corrected chi connectivity index (χ2v) is 2.13. The highest BCUT2D eigenvalue weighted by molar-refractivity contribution is 7.81. The molecule has 0 aliphatic heterocycles. The summed E-state index contributed by atoms with van der Waals surface area (Å²) in [6.07, 6.45) is 0. The van der Waals surface area contributed by atoms with Crippen molar-refractivity contribution in [1.29, 1.82) is 0 Å². The topological polar surface area (TPSA) is 49.3 Å². The van der Waals surface area contributed by atoms with E-state index in [1.165, 1.54) is 0 Å². The van der Waals surface area contributed by atoms with Crippen LogP contribution in [0.5, 0.6) is 0 Å². The molecule has 4 heteroatoms. The van der Waals surface area contributed by atoms with Crippen molar-refractivity contribution < 1.29 is 9.90 Å². The van der Waals surface area contributed by atoms with Crippen LogP contribution in [-0.4, -0.2) is 29.4 Å². The SMILES string of the molecule is C[C@@H](CO)NC(=O)CS. The summed E-state index contributed by atoms with van der Waals surface area (Å²) < 4.78 is 0. The molecule has 0 fully saturated rings. The van der Waals surface area contributed by atoms with Gasteiger partial charge >= 0.3 is 0 Å². The Morgan fingerprint density at radius 1 is 1.89 bits per heavy atom. The molecule has 0 aliphatic carbocycles. The monoisotopic (exact) mass is 149 g/mol. The molecule has 1 amide bonds. The van der Waals surface area contributed by atoms with Crippen LogP contribution in [-0.2, 0) is 4.79 Å². The van der Waals surface area contributed by atoms with Crippen molar-refractivity contribution in [2.45, 2.75) is 13.0 Å². The van der Waals surface area contributed by atoms with Gasteiger partial charge in [0.25, 0.3) is 0 Å². The van der Waals surface area contributed by atoms with E-state index in [2.05, 4.69) is 17.9 Å². The summed E-state index contributed by atoms with van der Waals surface area (Å²) in [6.45, 7) is 1.70. The Labute approximate surface area is 59.9 Å². The van der Waals surface area contributed by atoms with Crippen molar-refractivity contribution >= 4 is 18.5 Å². The molecule has 0 saturated carbocycles. The number of aliphatic hydroxyl groups excluding tert-OH is 1. The summed E-state index contributed by atoms with van der Waals surface area (Å²) >= 11 is 3.74. The summed E-state index contributed by atoms with van der Waals surface area (Å²) in [5.41, 5.74) is 0. The first-order valence-corrected chi connectivity index (χ1v) is 3.35. The Morgan fingerprint density at radius 2 is 2.44 bits per heavy atom. The van der Waals surface area contributed by atoms with Crippen LogP contribution in [0, 0.1) is 0 Å². The van der Waals surface area contributed by atoms with Crippen LogP contribution in [0.1, 0.15) is 6.92 Å². The Hall–Kier alpha value is -0.220. The van der Waals surface area contributed by atoms with E-state index >= 15 is 0 Å². The molecule has 0 aromatic rings. The van der Waals surface area contributed by atoms with E-state index < -0.39 is 0 Å². The number of hydrogen-bond acceptors (Lipinski definition) is 3. The van der Waals surface area contributed by atoms with Gasteiger partial charge in [0.15, 0.2) is 0 Å². The van der Waals surface area contributed by atoms with Crippen molar-refractivity contribution in [1.82, 2.24) is 5.32 Å². The van der Waals surface area contributed by atoms with Crippen molar-refractivity contribution in [3.63, 3.8) is 0 Å². The van der Waals surface area contributed by atoms with E-state index in [4.69, 9.17) is 5.11 Å². The summed E-state index contributed by atoms with van der Waals surface area (Å²) in [6, 6.07) is -0.162. The third-order valence-electron chi connectivity index (χ3n) is 0.825. The fraction of sp³-hybridized carbons (Fsp3) is 0.800. The number of rotatable bonds is 3. The Morgan fingerprint density at radius 3 is 2.78 bits per heavy atom. The molecule has 0 bridgehead atoms. The highest BCUT2D eigenvalue weighted by Gasteiger charge is 2.01. The largest absolute Gasteiger partial charge is 0.394 e. The van der Waals surface area contributed by atoms with E-state index in [-0.39, 0.29) is 24.3 Å². The molecular formula is C5H11NO2S. The first-order valence-electron chi connectivity index (χ1n) is 2.71. The molecule has 0 spiro atoms. The molecule has 1 atom stereocenters. The minimum absolute atomic E-state index is 0.0283. The molecule has 0 heterocycles. The predicted molar refractivity (Wildman–Crippen MR) is 38.5 cm³/mol. The predicted octanol–water partition coefficient (Wildman–Crippen LogP) is -0.587. The van der Waals surface area contributed by atoms with Crippen LogP contribution >= 0.6 is 12.6 Å². The van der Waals surface area contributed by atoms with Gasteiger partial charge in [-0.05, 0) is 6.92 Å². The molecular weight excluding hydrogens is 138 g/mol. The first-order chi connectivity index (χ1) is 4.20. The number of carbonyl (C=O) groups excluding carboxylic acids is 1. The maximum atomic E-state index is 10.5. The average molecular weight is 149 g/mol. The molecule has 0 unspecified atom stereocenters. The highest BCUT2D eigenvalue weighted by atomic mass is 32.1. The molecule has 0 aromatic heterocycles. The van der Waals surface area contributed by atoms with E-state index in [0.717, 1.165) is 0 Å². The van der Waals surface area contributed by atoms with Gasteiger partial charge in [-0.25, -0.2) is 0 Å². The lowest BCUT2D eigenvalue weighted by molar-refractivity contribution is -0.119. The fourth-order valence-corrected chi connectivity index (χ4v) is 0.457. The summed E-state index contributed by atoms with van der Waals surface area (Å²) in [5, 5.41) is 11.0. The quantitative estimate of drug-likeness (QED) is 0.470. The molecule has 0 rings (SSSR count). The zero-order valence-electron chi connectivity index (χ0n) is 5.29. The van der Waals surface area contributed by atoms with Gasteiger partial charge in [0.1, 0.15) is 0 Å². The maximum Gasteiger partial charge on any atom is 0.230 e. The zero-order valence-corrected chi connectivity index (χ0v) is 6.19. The van der Waals surface area contributed by atoms with Crippen molar-refractivity contribution in [3.05, 3.63) is 0 Å². The van der Waals surface area contributed by atoms with Gasteiger partial charge in [0.2, 0.25) is 5.91 Å². The molecule has 2 N–H and O–H groups in total. The van der Waals surface area contributed by atoms with Gasteiger partial charge < -0.3 is 10.4 Å². The van der Waals surface area contributed by atoms with Crippen LogP contribution in [0.3, 0.4) is 0 Å². The lowest BCUT2D eigenvalue weighted by atomic mass is 10.4. The van der Waals surface area contributed by atoms with E-state index in [1.54, 1.807) is 6.92 Å². The standard InChI is InChI=1S/C5H11NO2S/c1-4(2-7)6-5(8)3-9/h4,7,9H,2-3H2,1H3,(H,6,8)/t4-/m0/s1. The molecule has 3 nitrogen and oxygen atoms in total. The number of carbonyl (C=O) groups is 1. The van der Waals surface area contributed by atoms with Gasteiger partial charge in [0.05, 0.1) is 12.4 Å². The molecule has 9 heavy (non-hydrogen) atoms. The average Bonchev–Trinajstić information content (AvgIpc) is 1.87. The number of aliphatic hydroxyl groups is 1. The number of hydrogen-bond donors (Lipinski definition) is 3. The Kier molecular flexibility index (Phi) is 4.53. The Balaban J connectivity index is 3.34. The molecule has 0 aromatic carbocycles. The van der Waals surface area contributed by atoms with Crippen molar-refractivity contribution in [2.24, 2.45) is 0 Å². The van der Waals surface area contributed by atoms with Gasteiger partial charge in [-0.2, -0.15) is 12.6 Å². The first kappa shape index (κ1) is 8.78. The van der Waals surface area contributed by atoms with Crippen LogP contribution in [0.15, 0.2) is 0 Å². The van der Waals surface area contributed by atoms with Crippen LogP contribution in [0.2, 0.25) is 0 Å². The number of nitrogens with one attached hydrogen (secondary N) is 1. The van der Waals surface area contributed by atoms with Gasteiger partial charge in [-0.15, -0.1) is 0 Å². The fourth-order valence-electron chi connectivity index (χ4n) is 0.366. The van der Waals surface area contributed by atoms with Gasteiger partial charge in [0, 0.05) is 6.04 Å². The van der Waals surface area contributed by atoms with Crippen LogP contribution in [0.4, 0.5) is 0 Å².